The number of para-hydroxylation sites is 1. The first-order chi connectivity index (χ1) is 14.3. The van der Waals surface area contributed by atoms with Crippen molar-refractivity contribution in [2.75, 3.05) is 24.5 Å². The average molecular weight is 386 g/mol. The topological polar surface area (TPSA) is 67.7 Å². The SMILES string of the molecule is N#Cc1ccc(Cc2ncc(CCN(c3ccccc3)C3CCNCC3)[nH]2)cc1. The van der Waals surface area contributed by atoms with Crippen LogP contribution in [0.5, 0.6) is 0 Å². The molecule has 0 amide bonds. The van der Waals surface area contributed by atoms with E-state index in [1.807, 2.05) is 30.5 Å². The number of aromatic amines is 1. The minimum atomic E-state index is 0.583. The van der Waals surface area contributed by atoms with Crippen LogP contribution in [-0.2, 0) is 12.8 Å². The second kappa shape index (κ2) is 9.40. The molecule has 1 aliphatic rings. The maximum Gasteiger partial charge on any atom is 0.110 e. The number of imidazole rings is 1. The van der Waals surface area contributed by atoms with Gasteiger partial charge in [0, 0.05) is 43.0 Å². The van der Waals surface area contributed by atoms with Gasteiger partial charge in [0.2, 0.25) is 0 Å². The van der Waals surface area contributed by atoms with Crippen molar-refractivity contribution < 1.29 is 0 Å². The van der Waals surface area contributed by atoms with Crippen LogP contribution >= 0.6 is 0 Å². The fourth-order valence-corrected chi connectivity index (χ4v) is 4.01. The highest BCUT2D eigenvalue weighted by Gasteiger charge is 2.21. The highest BCUT2D eigenvalue weighted by atomic mass is 15.2. The van der Waals surface area contributed by atoms with Gasteiger partial charge in [0.1, 0.15) is 5.82 Å². The molecule has 0 radical (unpaired) electrons. The molecule has 0 unspecified atom stereocenters. The van der Waals surface area contributed by atoms with Crippen molar-refractivity contribution >= 4 is 5.69 Å². The van der Waals surface area contributed by atoms with E-state index >= 15 is 0 Å². The van der Waals surface area contributed by atoms with Crippen molar-refractivity contribution in [2.24, 2.45) is 0 Å². The second-order valence-corrected chi connectivity index (χ2v) is 7.60. The van der Waals surface area contributed by atoms with E-state index in [-0.39, 0.29) is 0 Å². The van der Waals surface area contributed by atoms with Crippen LogP contribution in [-0.4, -0.2) is 35.6 Å². The van der Waals surface area contributed by atoms with Crippen molar-refractivity contribution in [3.63, 3.8) is 0 Å². The molecular weight excluding hydrogens is 358 g/mol. The molecule has 2 N–H and O–H groups in total. The van der Waals surface area contributed by atoms with E-state index in [0.29, 0.717) is 11.6 Å². The van der Waals surface area contributed by atoms with Gasteiger partial charge in [0.05, 0.1) is 11.6 Å². The number of nitriles is 1. The van der Waals surface area contributed by atoms with E-state index in [9.17, 15) is 0 Å². The number of aromatic nitrogens is 2. The molecule has 29 heavy (non-hydrogen) atoms. The quantitative estimate of drug-likeness (QED) is 0.651. The number of hydrogen-bond donors (Lipinski definition) is 2. The molecule has 5 nitrogen and oxygen atoms in total. The lowest BCUT2D eigenvalue weighted by molar-refractivity contribution is 0.430. The number of anilines is 1. The predicted octanol–water partition coefficient (Wildman–Crippen LogP) is 3.67. The summed E-state index contributed by atoms with van der Waals surface area (Å²) in [4.78, 5) is 10.6. The van der Waals surface area contributed by atoms with E-state index in [2.05, 4.69) is 56.6 Å². The highest BCUT2D eigenvalue weighted by Crippen LogP contribution is 2.22. The Morgan fingerprint density at radius 1 is 1.03 bits per heavy atom. The maximum absolute atomic E-state index is 8.93. The molecule has 4 rings (SSSR count). The molecule has 1 aromatic heterocycles. The summed E-state index contributed by atoms with van der Waals surface area (Å²) in [7, 11) is 0. The summed E-state index contributed by atoms with van der Waals surface area (Å²) in [5.41, 5.74) is 4.32. The van der Waals surface area contributed by atoms with E-state index in [4.69, 9.17) is 5.26 Å². The maximum atomic E-state index is 8.93. The molecule has 0 atom stereocenters. The zero-order valence-electron chi connectivity index (χ0n) is 16.6. The average Bonchev–Trinajstić information content (AvgIpc) is 3.23. The Hall–Kier alpha value is -3.10. The van der Waals surface area contributed by atoms with Gasteiger partial charge in [-0.2, -0.15) is 5.26 Å². The molecule has 0 bridgehead atoms. The van der Waals surface area contributed by atoms with Crippen molar-refractivity contribution in [3.8, 4) is 6.07 Å². The van der Waals surface area contributed by atoms with Gasteiger partial charge in [-0.05, 0) is 55.8 Å². The van der Waals surface area contributed by atoms with Crippen LogP contribution in [0.3, 0.4) is 0 Å². The van der Waals surface area contributed by atoms with Gasteiger partial charge < -0.3 is 15.2 Å². The molecule has 1 fully saturated rings. The van der Waals surface area contributed by atoms with Gasteiger partial charge >= 0.3 is 0 Å². The number of nitrogens with one attached hydrogen (secondary N) is 2. The third kappa shape index (κ3) is 5.04. The van der Waals surface area contributed by atoms with Crippen LogP contribution in [0, 0.1) is 11.3 Å². The minimum Gasteiger partial charge on any atom is -0.368 e. The summed E-state index contributed by atoms with van der Waals surface area (Å²) in [6.07, 6.45) is 6.02. The number of nitrogens with zero attached hydrogens (tertiary/aromatic N) is 3. The molecule has 148 valence electrons. The van der Waals surface area contributed by atoms with Crippen molar-refractivity contribution in [1.29, 1.82) is 5.26 Å². The molecule has 2 aromatic carbocycles. The Labute approximate surface area is 172 Å². The van der Waals surface area contributed by atoms with Crippen molar-refractivity contribution in [3.05, 3.63) is 83.4 Å². The van der Waals surface area contributed by atoms with Crippen molar-refractivity contribution in [1.82, 2.24) is 15.3 Å². The summed E-state index contributed by atoms with van der Waals surface area (Å²) >= 11 is 0. The number of rotatable bonds is 7. The van der Waals surface area contributed by atoms with E-state index in [1.165, 1.54) is 24.2 Å². The Bertz CT molecular complexity index is 933. The summed E-state index contributed by atoms with van der Waals surface area (Å²) in [5, 5.41) is 12.4. The Balaban J connectivity index is 1.40. The second-order valence-electron chi connectivity index (χ2n) is 7.60. The summed E-state index contributed by atoms with van der Waals surface area (Å²) in [6, 6.07) is 21.2. The lowest BCUT2D eigenvalue weighted by Crippen LogP contribution is -2.44. The van der Waals surface area contributed by atoms with Crippen LogP contribution < -0.4 is 10.2 Å². The fourth-order valence-electron chi connectivity index (χ4n) is 4.01. The first-order valence-corrected chi connectivity index (χ1v) is 10.4. The normalized spacial score (nSPS) is 14.4. The molecule has 0 aliphatic carbocycles. The summed E-state index contributed by atoms with van der Waals surface area (Å²) in [5.74, 6) is 0.970. The van der Waals surface area contributed by atoms with E-state index in [1.54, 1.807) is 0 Å². The van der Waals surface area contributed by atoms with Gasteiger partial charge in [-0.25, -0.2) is 4.98 Å². The molecule has 2 heterocycles. The molecule has 0 saturated carbocycles. The number of H-pyrrole nitrogens is 1. The molecule has 5 heteroatoms. The van der Waals surface area contributed by atoms with Gasteiger partial charge in [0.15, 0.2) is 0 Å². The summed E-state index contributed by atoms with van der Waals surface area (Å²) < 4.78 is 0. The van der Waals surface area contributed by atoms with Crippen LogP contribution in [0.25, 0.3) is 0 Å². The standard InChI is InChI=1S/C24H27N5/c25-17-20-8-6-19(7-9-20)16-24-27-18-21(28-24)12-15-29(22-4-2-1-3-5-22)23-10-13-26-14-11-23/h1-9,18,23,26H,10-16H2,(H,27,28). The minimum absolute atomic E-state index is 0.583. The van der Waals surface area contributed by atoms with Crippen molar-refractivity contribution in [2.45, 2.75) is 31.7 Å². The highest BCUT2D eigenvalue weighted by molar-refractivity contribution is 5.47. The predicted molar refractivity (Wildman–Crippen MR) is 116 cm³/mol. The van der Waals surface area contributed by atoms with Gasteiger partial charge in [-0.1, -0.05) is 30.3 Å². The zero-order chi connectivity index (χ0) is 19.9. The Morgan fingerprint density at radius 3 is 2.52 bits per heavy atom. The van der Waals surface area contributed by atoms with Crippen LogP contribution in [0.4, 0.5) is 5.69 Å². The Kier molecular flexibility index (Phi) is 6.23. The van der Waals surface area contributed by atoms with Gasteiger partial charge in [0.25, 0.3) is 0 Å². The smallest absolute Gasteiger partial charge is 0.110 e. The third-order valence-corrected chi connectivity index (χ3v) is 5.60. The monoisotopic (exact) mass is 385 g/mol. The third-order valence-electron chi connectivity index (χ3n) is 5.60. The lowest BCUT2D eigenvalue weighted by Gasteiger charge is -2.36. The zero-order valence-corrected chi connectivity index (χ0v) is 16.6. The largest absolute Gasteiger partial charge is 0.368 e. The number of piperidine rings is 1. The molecule has 0 spiro atoms. The fraction of sp³-hybridized carbons (Fsp3) is 0.333. The number of benzene rings is 2. The van der Waals surface area contributed by atoms with Crippen LogP contribution in [0.2, 0.25) is 0 Å². The molecule has 3 aromatic rings. The van der Waals surface area contributed by atoms with Gasteiger partial charge in [-0.15, -0.1) is 0 Å². The molecular formula is C24H27N5. The summed E-state index contributed by atoms with van der Waals surface area (Å²) in [6.45, 7) is 3.16. The van der Waals surface area contributed by atoms with Crippen LogP contribution in [0.1, 0.15) is 35.5 Å². The van der Waals surface area contributed by atoms with Crippen LogP contribution in [0.15, 0.2) is 60.8 Å². The first kappa shape index (κ1) is 19.2. The van der Waals surface area contributed by atoms with Gasteiger partial charge in [-0.3, -0.25) is 0 Å². The Morgan fingerprint density at radius 2 is 1.79 bits per heavy atom. The molecule has 1 saturated heterocycles. The first-order valence-electron chi connectivity index (χ1n) is 10.4. The lowest BCUT2D eigenvalue weighted by atomic mass is 10.0. The van der Waals surface area contributed by atoms with E-state index < -0.39 is 0 Å². The van der Waals surface area contributed by atoms with E-state index in [0.717, 1.165) is 43.9 Å². The number of hydrogen-bond acceptors (Lipinski definition) is 4. The molecule has 1 aliphatic heterocycles.